The Hall–Kier alpha value is -1.25. The molecule has 1 aromatic rings. The molecule has 0 aliphatic carbocycles. The summed E-state index contributed by atoms with van der Waals surface area (Å²) in [6.07, 6.45) is 0.0912. The summed E-state index contributed by atoms with van der Waals surface area (Å²) in [5, 5.41) is 2.55. The average Bonchev–Trinajstić information content (AvgIpc) is 2.18. The third-order valence-corrected chi connectivity index (χ3v) is 2.23. The molecule has 1 atom stereocenters. The topological polar surface area (TPSA) is 66.4 Å². The van der Waals surface area contributed by atoms with Crippen LogP contribution in [0.5, 0.6) is 0 Å². The first kappa shape index (κ1) is 10.8. The van der Waals surface area contributed by atoms with Crippen LogP contribution < -0.4 is 5.32 Å². The first-order chi connectivity index (χ1) is 6.70. The van der Waals surface area contributed by atoms with Crippen molar-refractivity contribution in [1.82, 2.24) is 5.32 Å². The molecule has 0 fully saturated rings. The Labute approximate surface area is 82.8 Å². The fourth-order valence-corrected chi connectivity index (χ4v) is 1.26. The maximum atomic E-state index is 11.3. The minimum Gasteiger partial charge on any atom is -0.348 e. The lowest BCUT2D eigenvalue weighted by molar-refractivity contribution is 0.0956. The molecule has 74 valence electrons. The van der Waals surface area contributed by atoms with Crippen molar-refractivity contribution in [3.63, 3.8) is 0 Å². The molecule has 1 amide bonds. The fraction of sp³-hybridized carbons (Fsp3) is 0.222. The number of nitrogens with one attached hydrogen (secondary N) is 1. The molecule has 0 radical (unpaired) electrons. The number of hydrogen-bond acceptors (Lipinski definition) is 2. The summed E-state index contributed by atoms with van der Waals surface area (Å²) in [5.74, 6) is -0.220. The van der Waals surface area contributed by atoms with E-state index in [4.69, 9.17) is 4.89 Å². The SMILES string of the molecule is O=C(NCC[P+](=O)O)c1ccccc1. The number of rotatable bonds is 4. The Kier molecular flexibility index (Phi) is 4.23. The Morgan fingerprint density at radius 1 is 1.36 bits per heavy atom. The molecule has 1 rings (SSSR count). The van der Waals surface area contributed by atoms with E-state index in [1.165, 1.54) is 0 Å². The summed E-state index contributed by atoms with van der Waals surface area (Å²) in [4.78, 5) is 19.8. The highest BCUT2D eigenvalue weighted by atomic mass is 31.1. The Balaban J connectivity index is 2.40. The minimum absolute atomic E-state index is 0.0912. The number of amides is 1. The number of benzene rings is 1. The highest BCUT2D eigenvalue weighted by Crippen LogP contribution is 2.09. The average molecular weight is 212 g/mol. The van der Waals surface area contributed by atoms with Gasteiger partial charge in [0.1, 0.15) is 0 Å². The largest absolute Gasteiger partial charge is 0.507 e. The van der Waals surface area contributed by atoms with Crippen LogP contribution in [0, 0.1) is 0 Å². The van der Waals surface area contributed by atoms with Crippen LogP contribution in [0.1, 0.15) is 10.4 Å². The lowest BCUT2D eigenvalue weighted by atomic mass is 10.2. The summed E-state index contributed by atoms with van der Waals surface area (Å²) in [5.41, 5.74) is 0.556. The van der Waals surface area contributed by atoms with Gasteiger partial charge in [0, 0.05) is 5.56 Å². The van der Waals surface area contributed by atoms with E-state index in [0.29, 0.717) is 5.56 Å². The normalized spacial score (nSPS) is 10.8. The summed E-state index contributed by atoms with van der Waals surface area (Å²) >= 11 is 0. The zero-order chi connectivity index (χ0) is 10.4. The zero-order valence-corrected chi connectivity index (χ0v) is 8.41. The van der Waals surface area contributed by atoms with Crippen molar-refractivity contribution in [1.29, 1.82) is 0 Å². The van der Waals surface area contributed by atoms with Gasteiger partial charge in [-0.1, -0.05) is 18.2 Å². The van der Waals surface area contributed by atoms with E-state index in [9.17, 15) is 9.36 Å². The molecular weight excluding hydrogens is 201 g/mol. The van der Waals surface area contributed by atoms with Crippen molar-refractivity contribution in [2.45, 2.75) is 0 Å². The molecular formula is C9H11NO3P+. The van der Waals surface area contributed by atoms with Crippen molar-refractivity contribution < 1.29 is 14.3 Å². The second kappa shape index (κ2) is 5.47. The van der Waals surface area contributed by atoms with E-state index in [1.807, 2.05) is 6.07 Å². The molecule has 0 bridgehead atoms. The van der Waals surface area contributed by atoms with E-state index in [2.05, 4.69) is 5.32 Å². The van der Waals surface area contributed by atoms with E-state index in [1.54, 1.807) is 24.3 Å². The third-order valence-electron chi connectivity index (χ3n) is 1.62. The van der Waals surface area contributed by atoms with Gasteiger partial charge in [-0.3, -0.25) is 4.79 Å². The van der Waals surface area contributed by atoms with E-state index >= 15 is 0 Å². The molecule has 0 aromatic heterocycles. The van der Waals surface area contributed by atoms with Crippen molar-refractivity contribution in [2.75, 3.05) is 12.7 Å². The highest BCUT2D eigenvalue weighted by Gasteiger charge is 2.10. The highest BCUT2D eigenvalue weighted by molar-refractivity contribution is 7.38. The number of carbonyl (C=O) groups excluding carboxylic acids is 1. The molecule has 0 aliphatic rings. The summed E-state index contributed by atoms with van der Waals surface area (Å²) in [7, 11) is -2.16. The monoisotopic (exact) mass is 212 g/mol. The van der Waals surface area contributed by atoms with Gasteiger partial charge >= 0.3 is 8.03 Å². The minimum atomic E-state index is -2.16. The van der Waals surface area contributed by atoms with Crippen LogP contribution in [0.2, 0.25) is 0 Å². The van der Waals surface area contributed by atoms with E-state index < -0.39 is 8.03 Å². The molecule has 0 aliphatic heterocycles. The fourth-order valence-electron chi connectivity index (χ4n) is 0.957. The van der Waals surface area contributed by atoms with Crippen LogP contribution in [-0.2, 0) is 4.57 Å². The smallest absolute Gasteiger partial charge is 0.348 e. The van der Waals surface area contributed by atoms with E-state index in [0.717, 1.165) is 0 Å². The summed E-state index contributed by atoms with van der Waals surface area (Å²) in [6, 6.07) is 8.73. The van der Waals surface area contributed by atoms with E-state index in [-0.39, 0.29) is 18.6 Å². The van der Waals surface area contributed by atoms with Crippen LogP contribution >= 0.6 is 8.03 Å². The second-order valence-corrected chi connectivity index (χ2v) is 3.85. The molecule has 0 heterocycles. The van der Waals surface area contributed by atoms with Crippen LogP contribution in [0.3, 0.4) is 0 Å². The lowest BCUT2D eigenvalue weighted by Crippen LogP contribution is -2.25. The van der Waals surface area contributed by atoms with Gasteiger partial charge in [0.2, 0.25) is 0 Å². The van der Waals surface area contributed by atoms with Gasteiger partial charge in [0.15, 0.2) is 6.16 Å². The summed E-state index contributed by atoms with van der Waals surface area (Å²) < 4.78 is 10.3. The Morgan fingerprint density at radius 3 is 2.57 bits per heavy atom. The van der Waals surface area contributed by atoms with Gasteiger partial charge in [-0.2, -0.15) is 4.89 Å². The van der Waals surface area contributed by atoms with Crippen molar-refractivity contribution in [3.8, 4) is 0 Å². The van der Waals surface area contributed by atoms with Crippen LogP contribution in [0.15, 0.2) is 30.3 Å². The predicted octanol–water partition coefficient (Wildman–Crippen LogP) is 1.15. The van der Waals surface area contributed by atoms with Gasteiger partial charge in [-0.05, 0) is 16.7 Å². The van der Waals surface area contributed by atoms with Crippen LogP contribution in [0.25, 0.3) is 0 Å². The van der Waals surface area contributed by atoms with Crippen molar-refractivity contribution in [2.24, 2.45) is 0 Å². The molecule has 1 unspecified atom stereocenters. The van der Waals surface area contributed by atoms with Crippen LogP contribution in [-0.4, -0.2) is 23.5 Å². The van der Waals surface area contributed by atoms with Gasteiger partial charge in [0.25, 0.3) is 5.91 Å². The Bertz CT molecular complexity index is 326. The zero-order valence-electron chi connectivity index (χ0n) is 7.51. The molecule has 5 heteroatoms. The maximum absolute atomic E-state index is 11.3. The van der Waals surface area contributed by atoms with Gasteiger partial charge < -0.3 is 5.32 Å². The molecule has 2 N–H and O–H groups in total. The van der Waals surface area contributed by atoms with Crippen LogP contribution in [0.4, 0.5) is 0 Å². The third kappa shape index (κ3) is 3.64. The molecule has 0 saturated carbocycles. The lowest BCUT2D eigenvalue weighted by Gasteiger charge is -2.00. The quantitative estimate of drug-likeness (QED) is 0.736. The molecule has 1 aromatic carbocycles. The first-order valence-corrected chi connectivity index (χ1v) is 5.56. The maximum Gasteiger partial charge on any atom is 0.507 e. The Morgan fingerprint density at radius 2 is 2.00 bits per heavy atom. The first-order valence-electron chi connectivity index (χ1n) is 4.17. The summed E-state index contributed by atoms with van der Waals surface area (Å²) in [6.45, 7) is 0.222. The standard InChI is InChI=1S/C9H10NO3P/c11-9(10-6-7-14(12)13)8-4-2-1-3-5-8/h1-5H,6-7H2,(H-,10,11,12,13)/p+1. The molecule has 0 saturated heterocycles. The number of carbonyl (C=O) groups is 1. The molecule has 0 spiro atoms. The second-order valence-electron chi connectivity index (χ2n) is 2.70. The predicted molar refractivity (Wildman–Crippen MR) is 53.5 cm³/mol. The van der Waals surface area contributed by atoms with Gasteiger partial charge in [-0.15, -0.1) is 0 Å². The van der Waals surface area contributed by atoms with Gasteiger partial charge in [0.05, 0.1) is 6.54 Å². The molecule has 4 nitrogen and oxygen atoms in total. The van der Waals surface area contributed by atoms with Crippen molar-refractivity contribution >= 4 is 13.9 Å². The number of hydrogen-bond donors (Lipinski definition) is 2. The molecule has 14 heavy (non-hydrogen) atoms. The van der Waals surface area contributed by atoms with Gasteiger partial charge in [-0.25, -0.2) is 0 Å². The van der Waals surface area contributed by atoms with Crippen molar-refractivity contribution in [3.05, 3.63) is 35.9 Å².